The van der Waals surface area contributed by atoms with E-state index in [4.69, 9.17) is 0 Å². The Bertz CT molecular complexity index is 908. The predicted octanol–water partition coefficient (Wildman–Crippen LogP) is 4.77. The Labute approximate surface area is 141 Å². The van der Waals surface area contributed by atoms with Gasteiger partial charge in [0.1, 0.15) is 0 Å². The van der Waals surface area contributed by atoms with Crippen LogP contribution < -0.4 is 0 Å². The molecule has 0 unspecified atom stereocenters. The lowest BCUT2D eigenvalue weighted by Gasteiger charge is -2.07. The zero-order chi connectivity index (χ0) is 17.1. The van der Waals surface area contributed by atoms with Crippen molar-refractivity contribution in [1.29, 1.82) is 0 Å². The van der Waals surface area contributed by atoms with Crippen LogP contribution in [0, 0.1) is 13.8 Å². The van der Waals surface area contributed by atoms with Crippen molar-refractivity contribution in [2.45, 2.75) is 13.8 Å². The van der Waals surface area contributed by atoms with Gasteiger partial charge in [-0.25, -0.2) is 0 Å². The molecule has 0 heterocycles. The van der Waals surface area contributed by atoms with Gasteiger partial charge in [0.2, 0.25) is 0 Å². The number of ketones is 2. The van der Waals surface area contributed by atoms with Crippen LogP contribution in [0.4, 0.5) is 0 Å². The van der Waals surface area contributed by atoms with E-state index >= 15 is 0 Å². The monoisotopic (exact) mass is 314 g/mol. The van der Waals surface area contributed by atoms with E-state index in [2.05, 4.69) is 0 Å². The molecular formula is C22H18O2. The second kappa shape index (κ2) is 6.63. The van der Waals surface area contributed by atoms with E-state index in [9.17, 15) is 9.59 Å². The minimum Gasteiger partial charge on any atom is -0.289 e. The molecule has 0 saturated heterocycles. The zero-order valence-corrected chi connectivity index (χ0v) is 13.7. The third kappa shape index (κ3) is 3.18. The lowest BCUT2D eigenvalue weighted by Crippen LogP contribution is -2.06. The minimum atomic E-state index is -0.0784. The summed E-state index contributed by atoms with van der Waals surface area (Å²) in [5.74, 6) is -0.147. The molecule has 0 bridgehead atoms. The summed E-state index contributed by atoms with van der Waals surface area (Å²) in [7, 11) is 0. The summed E-state index contributed by atoms with van der Waals surface area (Å²) < 4.78 is 0. The molecular weight excluding hydrogens is 296 g/mol. The van der Waals surface area contributed by atoms with E-state index in [0.717, 1.165) is 11.1 Å². The number of carbonyl (C=O) groups excluding carboxylic acids is 2. The van der Waals surface area contributed by atoms with Gasteiger partial charge in [0.25, 0.3) is 0 Å². The lowest BCUT2D eigenvalue weighted by atomic mass is 9.96. The molecule has 0 N–H and O–H groups in total. The highest BCUT2D eigenvalue weighted by Gasteiger charge is 2.14. The van der Waals surface area contributed by atoms with Gasteiger partial charge in [-0.05, 0) is 37.1 Å². The predicted molar refractivity (Wildman–Crippen MR) is 95.7 cm³/mol. The van der Waals surface area contributed by atoms with Gasteiger partial charge in [0.05, 0.1) is 0 Å². The number of hydrogen-bond acceptors (Lipinski definition) is 2. The van der Waals surface area contributed by atoms with Crippen LogP contribution in [-0.4, -0.2) is 11.6 Å². The summed E-state index contributed by atoms with van der Waals surface area (Å²) in [6, 6.07) is 21.7. The molecule has 24 heavy (non-hydrogen) atoms. The Balaban J connectivity index is 1.94. The standard InChI is InChI=1S/C22H18O2/c1-15-11-12-20(13-16(15)2)22(24)19-10-6-9-18(14-19)21(23)17-7-4-3-5-8-17/h3-14H,1-2H3. The van der Waals surface area contributed by atoms with Crippen molar-refractivity contribution in [2.24, 2.45) is 0 Å². The van der Waals surface area contributed by atoms with Crippen LogP contribution in [0.5, 0.6) is 0 Å². The third-order valence-corrected chi connectivity index (χ3v) is 4.19. The first-order valence-corrected chi connectivity index (χ1v) is 7.88. The van der Waals surface area contributed by atoms with E-state index in [1.807, 2.05) is 50.2 Å². The fourth-order valence-electron chi connectivity index (χ4n) is 2.61. The van der Waals surface area contributed by atoms with Crippen LogP contribution in [-0.2, 0) is 0 Å². The first kappa shape index (κ1) is 15.9. The van der Waals surface area contributed by atoms with Crippen LogP contribution in [0.15, 0.2) is 72.8 Å². The largest absolute Gasteiger partial charge is 0.289 e. The maximum Gasteiger partial charge on any atom is 0.193 e. The Kier molecular flexibility index (Phi) is 4.39. The molecule has 0 aliphatic carbocycles. The Morgan fingerprint density at radius 3 is 1.71 bits per heavy atom. The molecule has 0 saturated carbocycles. The molecule has 0 fully saturated rings. The number of rotatable bonds is 4. The van der Waals surface area contributed by atoms with Gasteiger partial charge < -0.3 is 0 Å². The second-order valence-corrected chi connectivity index (χ2v) is 5.90. The summed E-state index contributed by atoms with van der Waals surface area (Å²) in [6.07, 6.45) is 0. The SMILES string of the molecule is Cc1ccc(C(=O)c2cccc(C(=O)c3ccccc3)c2)cc1C. The summed E-state index contributed by atoms with van der Waals surface area (Å²) >= 11 is 0. The van der Waals surface area contributed by atoms with Crippen LogP contribution >= 0.6 is 0 Å². The van der Waals surface area contributed by atoms with Crippen molar-refractivity contribution in [2.75, 3.05) is 0 Å². The number of aryl methyl sites for hydroxylation is 2. The topological polar surface area (TPSA) is 34.1 Å². The molecule has 2 heteroatoms. The molecule has 0 aromatic heterocycles. The first-order valence-electron chi connectivity index (χ1n) is 7.88. The molecule has 3 aromatic carbocycles. The minimum absolute atomic E-state index is 0.0687. The zero-order valence-electron chi connectivity index (χ0n) is 13.7. The fraction of sp³-hybridized carbons (Fsp3) is 0.0909. The fourth-order valence-corrected chi connectivity index (χ4v) is 2.61. The number of carbonyl (C=O) groups is 2. The van der Waals surface area contributed by atoms with E-state index in [1.165, 1.54) is 0 Å². The highest BCUT2D eigenvalue weighted by atomic mass is 16.1. The van der Waals surface area contributed by atoms with Crippen molar-refractivity contribution >= 4 is 11.6 Å². The quantitative estimate of drug-likeness (QED) is 0.650. The van der Waals surface area contributed by atoms with E-state index in [-0.39, 0.29) is 11.6 Å². The van der Waals surface area contributed by atoms with Gasteiger partial charge in [0, 0.05) is 22.3 Å². The Morgan fingerprint density at radius 1 is 0.542 bits per heavy atom. The average Bonchev–Trinajstić information content (AvgIpc) is 2.63. The van der Waals surface area contributed by atoms with Crippen LogP contribution in [0.3, 0.4) is 0 Å². The molecule has 118 valence electrons. The molecule has 0 radical (unpaired) electrons. The van der Waals surface area contributed by atoms with Crippen LogP contribution in [0.2, 0.25) is 0 Å². The summed E-state index contributed by atoms with van der Waals surface area (Å²) in [4.78, 5) is 25.3. The van der Waals surface area contributed by atoms with Gasteiger partial charge in [-0.15, -0.1) is 0 Å². The lowest BCUT2D eigenvalue weighted by molar-refractivity contribution is 0.103. The van der Waals surface area contributed by atoms with Crippen molar-refractivity contribution in [3.63, 3.8) is 0 Å². The smallest absolute Gasteiger partial charge is 0.193 e. The molecule has 3 rings (SSSR count). The van der Waals surface area contributed by atoms with Crippen molar-refractivity contribution < 1.29 is 9.59 Å². The molecule has 3 aromatic rings. The maximum absolute atomic E-state index is 12.7. The van der Waals surface area contributed by atoms with Crippen molar-refractivity contribution in [3.05, 3.63) is 106 Å². The van der Waals surface area contributed by atoms with Crippen molar-refractivity contribution in [3.8, 4) is 0 Å². The van der Waals surface area contributed by atoms with Gasteiger partial charge in [-0.2, -0.15) is 0 Å². The van der Waals surface area contributed by atoms with Gasteiger partial charge in [-0.3, -0.25) is 9.59 Å². The molecule has 0 amide bonds. The summed E-state index contributed by atoms with van der Waals surface area (Å²) in [5, 5.41) is 0. The highest BCUT2D eigenvalue weighted by Crippen LogP contribution is 2.17. The maximum atomic E-state index is 12.7. The molecule has 2 nitrogen and oxygen atoms in total. The average molecular weight is 314 g/mol. The second-order valence-electron chi connectivity index (χ2n) is 5.90. The van der Waals surface area contributed by atoms with Crippen LogP contribution in [0.25, 0.3) is 0 Å². The molecule has 0 aliphatic rings. The highest BCUT2D eigenvalue weighted by molar-refractivity contribution is 6.13. The summed E-state index contributed by atoms with van der Waals surface area (Å²) in [5.41, 5.74) is 4.54. The van der Waals surface area contributed by atoms with Gasteiger partial charge in [-0.1, -0.05) is 60.7 Å². The van der Waals surface area contributed by atoms with Gasteiger partial charge in [0.15, 0.2) is 11.6 Å². The van der Waals surface area contributed by atoms with E-state index in [0.29, 0.717) is 22.3 Å². The number of benzene rings is 3. The Morgan fingerprint density at radius 2 is 1.08 bits per heavy atom. The first-order chi connectivity index (χ1) is 11.6. The summed E-state index contributed by atoms with van der Waals surface area (Å²) in [6.45, 7) is 4.00. The molecule has 0 spiro atoms. The van der Waals surface area contributed by atoms with Crippen molar-refractivity contribution in [1.82, 2.24) is 0 Å². The van der Waals surface area contributed by atoms with Gasteiger partial charge >= 0.3 is 0 Å². The number of hydrogen-bond donors (Lipinski definition) is 0. The third-order valence-electron chi connectivity index (χ3n) is 4.19. The van der Waals surface area contributed by atoms with Crippen LogP contribution in [0.1, 0.15) is 43.0 Å². The molecule has 0 atom stereocenters. The van der Waals surface area contributed by atoms with E-state index < -0.39 is 0 Å². The molecule has 0 aliphatic heterocycles. The Hall–Kier alpha value is -3.00. The normalized spacial score (nSPS) is 10.4. The van der Waals surface area contributed by atoms with E-state index in [1.54, 1.807) is 36.4 Å².